The fourth-order valence-electron chi connectivity index (χ4n) is 1.51. The third-order valence-electron chi connectivity index (χ3n) is 2.48. The van der Waals surface area contributed by atoms with Crippen molar-refractivity contribution in [2.24, 2.45) is 0 Å². The minimum Gasteiger partial charge on any atom is -0.497 e. The molecule has 2 aromatic rings. The molecule has 0 unspecified atom stereocenters. The van der Waals surface area contributed by atoms with Crippen LogP contribution in [0.15, 0.2) is 41.6 Å². The molecule has 20 heavy (non-hydrogen) atoms. The van der Waals surface area contributed by atoms with Crippen molar-refractivity contribution >= 4 is 21.4 Å². The van der Waals surface area contributed by atoms with Crippen molar-refractivity contribution < 1.29 is 17.5 Å². The summed E-state index contributed by atoms with van der Waals surface area (Å²) in [5, 5.41) is -0.692. The molecule has 8 heteroatoms. The SMILES string of the molecule is COc1ccc(N)c(NS(=O)(=O)c2ncccc2F)c1. The van der Waals surface area contributed by atoms with Crippen molar-refractivity contribution in [2.75, 3.05) is 17.6 Å². The topological polar surface area (TPSA) is 94.3 Å². The maximum absolute atomic E-state index is 13.5. The molecule has 106 valence electrons. The van der Waals surface area contributed by atoms with Gasteiger partial charge in [0.1, 0.15) is 5.75 Å². The largest absolute Gasteiger partial charge is 0.497 e. The first-order chi connectivity index (χ1) is 9.44. The number of methoxy groups -OCH3 is 1. The Balaban J connectivity index is 2.41. The number of ether oxygens (including phenoxy) is 1. The molecule has 2 rings (SSSR count). The van der Waals surface area contributed by atoms with Gasteiger partial charge in [0.25, 0.3) is 10.0 Å². The number of nitrogen functional groups attached to an aromatic ring is 1. The molecule has 0 spiro atoms. The van der Waals surface area contributed by atoms with E-state index in [0.29, 0.717) is 5.75 Å². The van der Waals surface area contributed by atoms with E-state index in [-0.39, 0.29) is 11.4 Å². The number of halogens is 1. The second-order valence-corrected chi connectivity index (χ2v) is 5.45. The number of rotatable bonds is 4. The molecular formula is C12H12FN3O3S. The lowest BCUT2D eigenvalue weighted by molar-refractivity contribution is 0.415. The van der Waals surface area contributed by atoms with E-state index in [9.17, 15) is 12.8 Å². The van der Waals surface area contributed by atoms with Crippen LogP contribution in [-0.2, 0) is 10.0 Å². The maximum Gasteiger partial charge on any atom is 0.282 e. The van der Waals surface area contributed by atoms with Crippen LogP contribution in [-0.4, -0.2) is 20.5 Å². The zero-order chi connectivity index (χ0) is 14.8. The van der Waals surface area contributed by atoms with Gasteiger partial charge in [-0.2, -0.15) is 8.42 Å². The average Bonchev–Trinajstić information content (AvgIpc) is 2.41. The third kappa shape index (κ3) is 2.80. The molecule has 0 aliphatic heterocycles. The van der Waals surface area contributed by atoms with Crippen molar-refractivity contribution in [1.82, 2.24) is 4.98 Å². The summed E-state index contributed by atoms with van der Waals surface area (Å²) in [7, 11) is -2.73. The van der Waals surface area contributed by atoms with Gasteiger partial charge in [0.2, 0.25) is 5.03 Å². The summed E-state index contributed by atoms with van der Waals surface area (Å²) in [6, 6.07) is 6.76. The molecule has 0 aliphatic rings. The highest BCUT2D eigenvalue weighted by Crippen LogP contribution is 2.26. The Labute approximate surface area is 115 Å². The zero-order valence-corrected chi connectivity index (χ0v) is 11.3. The molecule has 1 aromatic heterocycles. The van der Waals surface area contributed by atoms with Crippen LogP contribution >= 0.6 is 0 Å². The molecule has 0 amide bonds. The summed E-state index contributed by atoms with van der Waals surface area (Å²) < 4.78 is 44.8. The van der Waals surface area contributed by atoms with Crippen LogP contribution in [0.4, 0.5) is 15.8 Å². The second-order valence-electron chi connectivity index (χ2n) is 3.85. The van der Waals surface area contributed by atoms with Gasteiger partial charge in [-0.1, -0.05) is 0 Å². The quantitative estimate of drug-likeness (QED) is 0.836. The second kappa shape index (κ2) is 5.33. The highest BCUT2D eigenvalue weighted by Gasteiger charge is 2.21. The predicted molar refractivity (Wildman–Crippen MR) is 72.4 cm³/mol. The van der Waals surface area contributed by atoms with Crippen molar-refractivity contribution in [1.29, 1.82) is 0 Å². The number of nitrogens with two attached hydrogens (primary N) is 1. The number of nitrogens with zero attached hydrogens (tertiary/aromatic N) is 1. The Bertz CT molecular complexity index is 734. The van der Waals surface area contributed by atoms with Gasteiger partial charge in [0.15, 0.2) is 5.82 Å². The number of pyridine rings is 1. The first-order valence-corrected chi connectivity index (χ1v) is 6.99. The summed E-state index contributed by atoms with van der Waals surface area (Å²) in [6.45, 7) is 0. The third-order valence-corrected chi connectivity index (χ3v) is 3.78. The Kier molecular flexibility index (Phi) is 3.75. The summed E-state index contributed by atoms with van der Waals surface area (Å²) in [6.07, 6.45) is 1.19. The number of anilines is 2. The molecule has 1 heterocycles. The van der Waals surface area contributed by atoms with E-state index >= 15 is 0 Å². The lowest BCUT2D eigenvalue weighted by atomic mass is 10.2. The highest BCUT2D eigenvalue weighted by molar-refractivity contribution is 7.92. The van der Waals surface area contributed by atoms with Gasteiger partial charge in [-0.15, -0.1) is 0 Å². The number of hydrogen-bond acceptors (Lipinski definition) is 5. The summed E-state index contributed by atoms with van der Waals surface area (Å²) in [5.74, 6) is -0.528. The lowest BCUT2D eigenvalue weighted by Gasteiger charge is -2.11. The smallest absolute Gasteiger partial charge is 0.282 e. The van der Waals surface area contributed by atoms with Crippen molar-refractivity contribution in [3.63, 3.8) is 0 Å². The summed E-state index contributed by atoms with van der Waals surface area (Å²) in [4.78, 5) is 3.52. The van der Waals surface area contributed by atoms with Crippen LogP contribution in [0.2, 0.25) is 0 Å². The number of benzene rings is 1. The van der Waals surface area contributed by atoms with E-state index in [1.165, 1.54) is 31.5 Å². The van der Waals surface area contributed by atoms with E-state index in [2.05, 4.69) is 9.71 Å². The number of nitrogens with one attached hydrogen (secondary N) is 1. The van der Waals surface area contributed by atoms with Crippen LogP contribution in [0.1, 0.15) is 0 Å². The van der Waals surface area contributed by atoms with Gasteiger partial charge in [-0.3, -0.25) is 4.72 Å². The first-order valence-electron chi connectivity index (χ1n) is 5.51. The molecular weight excluding hydrogens is 285 g/mol. The standard InChI is InChI=1S/C12H12FN3O3S/c1-19-8-4-5-10(14)11(7-8)16-20(17,18)12-9(13)3-2-6-15-12/h2-7,16H,14H2,1H3. The van der Waals surface area contributed by atoms with Crippen molar-refractivity contribution in [3.05, 3.63) is 42.3 Å². The molecule has 0 aliphatic carbocycles. The fraction of sp³-hybridized carbons (Fsp3) is 0.0833. The van der Waals surface area contributed by atoms with E-state index in [4.69, 9.17) is 10.5 Å². The molecule has 0 radical (unpaired) electrons. The monoisotopic (exact) mass is 297 g/mol. The van der Waals surface area contributed by atoms with E-state index in [0.717, 1.165) is 6.07 Å². The molecule has 6 nitrogen and oxygen atoms in total. The summed E-state index contributed by atoms with van der Waals surface area (Å²) in [5.41, 5.74) is 5.95. The fourth-order valence-corrected chi connectivity index (χ4v) is 2.60. The van der Waals surface area contributed by atoms with Crippen LogP contribution in [0.5, 0.6) is 5.75 Å². The number of aromatic nitrogens is 1. The molecule has 0 saturated carbocycles. The molecule has 3 N–H and O–H groups in total. The maximum atomic E-state index is 13.5. The Hall–Kier alpha value is -2.35. The van der Waals surface area contributed by atoms with E-state index < -0.39 is 20.9 Å². The van der Waals surface area contributed by atoms with Gasteiger partial charge in [0.05, 0.1) is 18.5 Å². The minimum atomic E-state index is -4.16. The van der Waals surface area contributed by atoms with E-state index in [1.54, 1.807) is 6.07 Å². The molecule has 0 saturated heterocycles. The number of hydrogen-bond donors (Lipinski definition) is 2. The van der Waals surface area contributed by atoms with Gasteiger partial charge in [0, 0.05) is 12.3 Å². The van der Waals surface area contributed by atoms with Gasteiger partial charge < -0.3 is 10.5 Å². The molecule has 0 bridgehead atoms. The zero-order valence-electron chi connectivity index (χ0n) is 10.5. The van der Waals surface area contributed by atoms with Crippen LogP contribution in [0.25, 0.3) is 0 Å². The molecule has 0 atom stereocenters. The minimum absolute atomic E-state index is 0.0920. The van der Waals surface area contributed by atoms with Crippen molar-refractivity contribution in [2.45, 2.75) is 5.03 Å². The Morgan fingerprint density at radius 3 is 2.75 bits per heavy atom. The lowest BCUT2D eigenvalue weighted by Crippen LogP contribution is -2.17. The predicted octanol–water partition coefficient (Wildman–Crippen LogP) is 1.61. The Morgan fingerprint density at radius 2 is 2.10 bits per heavy atom. The number of sulfonamides is 1. The summed E-state index contributed by atoms with van der Waals surface area (Å²) >= 11 is 0. The Morgan fingerprint density at radius 1 is 1.35 bits per heavy atom. The van der Waals surface area contributed by atoms with Crippen LogP contribution < -0.4 is 15.2 Å². The van der Waals surface area contributed by atoms with Crippen molar-refractivity contribution in [3.8, 4) is 5.75 Å². The molecule has 0 fully saturated rings. The molecule has 1 aromatic carbocycles. The van der Waals surface area contributed by atoms with Gasteiger partial charge in [-0.25, -0.2) is 9.37 Å². The van der Waals surface area contributed by atoms with Crippen LogP contribution in [0.3, 0.4) is 0 Å². The highest BCUT2D eigenvalue weighted by atomic mass is 32.2. The first kappa shape index (κ1) is 14.1. The van der Waals surface area contributed by atoms with E-state index in [1.807, 2.05) is 0 Å². The van der Waals surface area contributed by atoms with Crippen LogP contribution in [0, 0.1) is 5.82 Å². The average molecular weight is 297 g/mol. The van der Waals surface area contributed by atoms with Gasteiger partial charge >= 0.3 is 0 Å². The normalized spacial score (nSPS) is 11.1. The van der Waals surface area contributed by atoms with Gasteiger partial charge in [-0.05, 0) is 24.3 Å².